The van der Waals surface area contributed by atoms with Gasteiger partial charge in [-0.25, -0.2) is 4.98 Å². The molecule has 0 fully saturated rings. The lowest BCUT2D eigenvalue weighted by atomic mass is 10.3. The fourth-order valence-corrected chi connectivity index (χ4v) is 5.32. The monoisotopic (exact) mass is 494 g/mol. The number of rotatable bonds is 2. The van der Waals surface area contributed by atoms with E-state index in [0.29, 0.717) is 0 Å². The van der Waals surface area contributed by atoms with Crippen LogP contribution in [-0.2, 0) is 0 Å². The average molecular weight is 497 g/mol. The molecule has 0 aliphatic carbocycles. The molecule has 0 aliphatic rings. The van der Waals surface area contributed by atoms with E-state index in [0.717, 1.165) is 39.5 Å². The minimum atomic E-state index is 0.721. The van der Waals surface area contributed by atoms with Gasteiger partial charge < -0.3 is 5.32 Å². The van der Waals surface area contributed by atoms with Gasteiger partial charge in [0, 0.05) is 18.4 Å². The molecule has 2 nitrogen and oxygen atoms in total. The standard InChI is InChI=1S/C13H6Br3ClN2S/c14-6-3-8(15)12(9(16)4-6)19-13-18-10-2-1-7(17)5-11(10)20-13/h1-5H,(H,18,19). The SMILES string of the molecule is Clc1ccc2nc(Nc3c(Br)cc(Br)cc3Br)sc2c1. The van der Waals surface area contributed by atoms with Gasteiger partial charge in [0.2, 0.25) is 0 Å². The minimum absolute atomic E-state index is 0.721. The summed E-state index contributed by atoms with van der Waals surface area (Å²) in [7, 11) is 0. The summed E-state index contributed by atoms with van der Waals surface area (Å²) in [5.74, 6) is 0. The Balaban J connectivity index is 2.01. The van der Waals surface area contributed by atoms with Crippen molar-refractivity contribution in [2.45, 2.75) is 0 Å². The highest BCUT2D eigenvalue weighted by Gasteiger charge is 2.10. The number of benzene rings is 2. The number of hydrogen-bond acceptors (Lipinski definition) is 3. The highest BCUT2D eigenvalue weighted by atomic mass is 79.9. The number of thiazole rings is 1. The molecule has 3 aromatic rings. The Morgan fingerprint density at radius 1 is 1.05 bits per heavy atom. The maximum Gasteiger partial charge on any atom is 0.188 e. The molecule has 102 valence electrons. The van der Waals surface area contributed by atoms with Crippen molar-refractivity contribution in [3.8, 4) is 0 Å². The lowest BCUT2D eigenvalue weighted by Crippen LogP contribution is -1.92. The van der Waals surface area contributed by atoms with Crippen LogP contribution in [0.4, 0.5) is 10.8 Å². The van der Waals surface area contributed by atoms with E-state index in [1.54, 1.807) is 11.3 Å². The van der Waals surface area contributed by atoms with Gasteiger partial charge in [-0.3, -0.25) is 0 Å². The van der Waals surface area contributed by atoms with Gasteiger partial charge in [-0.2, -0.15) is 0 Å². The predicted octanol–water partition coefficient (Wildman–Crippen LogP) is 6.98. The van der Waals surface area contributed by atoms with E-state index < -0.39 is 0 Å². The summed E-state index contributed by atoms with van der Waals surface area (Å²) in [6.07, 6.45) is 0. The molecular formula is C13H6Br3ClN2S. The predicted molar refractivity (Wildman–Crippen MR) is 97.5 cm³/mol. The molecule has 0 spiro atoms. The van der Waals surface area contributed by atoms with Gasteiger partial charge in [-0.15, -0.1) is 0 Å². The van der Waals surface area contributed by atoms with E-state index in [4.69, 9.17) is 11.6 Å². The second-order valence-electron chi connectivity index (χ2n) is 4.00. The maximum absolute atomic E-state index is 5.99. The zero-order chi connectivity index (χ0) is 14.3. The Bertz CT molecular complexity index is 780. The van der Waals surface area contributed by atoms with Crippen LogP contribution in [0.25, 0.3) is 10.2 Å². The van der Waals surface area contributed by atoms with Crippen molar-refractivity contribution >= 4 is 91.8 Å². The molecule has 0 radical (unpaired) electrons. The van der Waals surface area contributed by atoms with Gasteiger partial charge in [-0.05, 0) is 62.2 Å². The summed E-state index contributed by atoms with van der Waals surface area (Å²) in [5.41, 5.74) is 1.88. The Morgan fingerprint density at radius 2 is 1.75 bits per heavy atom. The molecule has 0 amide bonds. The van der Waals surface area contributed by atoms with Crippen molar-refractivity contribution < 1.29 is 0 Å². The first-order valence-electron chi connectivity index (χ1n) is 5.50. The summed E-state index contributed by atoms with van der Waals surface area (Å²) in [6, 6.07) is 9.66. The van der Waals surface area contributed by atoms with Crippen LogP contribution in [0.3, 0.4) is 0 Å². The summed E-state index contributed by atoms with van der Waals surface area (Å²) in [4.78, 5) is 4.55. The van der Waals surface area contributed by atoms with Crippen LogP contribution in [0, 0.1) is 0 Å². The Morgan fingerprint density at radius 3 is 2.45 bits per heavy atom. The van der Waals surface area contributed by atoms with Crippen molar-refractivity contribution in [1.82, 2.24) is 4.98 Å². The van der Waals surface area contributed by atoms with Crippen molar-refractivity contribution in [2.24, 2.45) is 0 Å². The van der Waals surface area contributed by atoms with Crippen LogP contribution in [-0.4, -0.2) is 4.98 Å². The molecular weight excluding hydrogens is 491 g/mol. The van der Waals surface area contributed by atoms with Crippen molar-refractivity contribution in [2.75, 3.05) is 5.32 Å². The normalized spacial score (nSPS) is 11.0. The van der Waals surface area contributed by atoms with Crippen molar-refractivity contribution in [3.63, 3.8) is 0 Å². The highest BCUT2D eigenvalue weighted by molar-refractivity contribution is 9.11. The van der Waals surface area contributed by atoms with E-state index >= 15 is 0 Å². The van der Waals surface area contributed by atoms with Crippen LogP contribution in [0.5, 0.6) is 0 Å². The summed E-state index contributed by atoms with van der Waals surface area (Å²) >= 11 is 18.1. The van der Waals surface area contributed by atoms with E-state index in [1.807, 2.05) is 30.3 Å². The van der Waals surface area contributed by atoms with Gasteiger partial charge >= 0.3 is 0 Å². The lowest BCUT2D eigenvalue weighted by molar-refractivity contribution is 1.42. The molecule has 3 rings (SSSR count). The topological polar surface area (TPSA) is 24.9 Å². The van der Waals surface area contributed by atoms with Crippen LogP contribution in [0.1, 0.15) is 0 Å². The molecule has 20 heavy (non-hydrogen) atoms. The molecule has 0 aliphatic heterocycles. The molecule has 7 heteroatoms. The minimum Gasteiger partial charge on any atom is -0.330 e. The first-order chi connectivity index (χ1) is 9.52. The van der Waals surface area contributed by atoms with Crippen LogP contribution >= 0.6 is 70.7 Å². The number of nitrogens with one attached hydrogen (secondary N) is 1. The van der Waals surface area contributed by atoms with E-state index in [1.165, 1.54) is 0 Å². The molecule has 1 aromatic heterocycles. The van der Waals surface area contributed by atoms with Gasteiger partial charge in [0.1, 0.15) is 0 Å². The molecule has 0 atom stereocenters. The largest absolute Gasteiger partial charge is 0.330 e. The number of hydrogen-bond donors (Lipinski definition) is 1. The summed E-state index contributed by atoms with van der Waals surface area (Å²) in [5, 5.41) is 4.87. The second kappa shape index (κ2) is 5.93. The Kier molecular flexibility index (Phi) is 4.38. The second-order valence-corrected chi connectivity index (χ2v) is 8.09. The van der Waals surface area contributed by atoms with E-state index in [-0.39, 0.29) is 0 Å². The fraction of sp³-hybridized carbons (Fsp3) is 0. The quantitative estimate of drug-likeness (QED) is 0.413. The summed E-state index contributed by atoms with van der Waals surface area (Å²) < 4.78 is 3.97. The van der Waals surface area contributed by atoms with Crippen LogP contribution < -0.4 is 5.32 Å². The molecule has 0 saturated heterocycles. The van der Waals surface area contributed by atoms with Crippen LogP contribution in [0.15, 0.2) is 43.7 Å². The molecule has 0 bridgehead atoms. The third-order valence-electron chi connectivity index (χ3n) is 2.59. The number of nitrogens with zero attached hydrogens (tertiary/aromatic N) is 1. The van der Waals surface area contributed by atoms with Crippen LogP contribution in [0.2, 0.25) is 5.02 Å². The smallest absolute Gasteiger partial charge is 0.188 e. The average Bonchev–Trinajstić information content (AvgIpc) is 2.75. The van der Waals surface area contributed by atoms with Crippen molar-refractivity contribution in [3.05, 3.63) is 48.8 Å². The Hall–Kier alpha value is -0.140. The number of halogens is 4. The number of anilines is 2. The third kappa shape index (κ3) is 3.04. The third-order valence-corrected chi connectivity index (χ3v) is 5.47. The molecule has 1 N–H and O–H groups in total. The molecule has 1 heterocycles. The van der Waals surface area contributed by atoms with Gasteiger partial charge in [0.15, 0.2) is 5.13 Å². The summed E-state index contributed by atoms with van der Waals surface area (Å²) in [6.45, 7) is 0. The Labute approximate surface area is 149 Å². The molecule has 0 saturated carbocycles. The number of fused-ring (bicyclic) bond motifs is 1. The fourth-order valence-electron chi connectivity index (χ4n) is 1.72. The van der Waals surface area contributed by atoms with Crippen molar-refractivity contribution in [1.29, 1.82) is 0 Å². The zero-order valence-electron chi connectivity index (χ0n) is 9.75. The van der Waals surface area contributed by atoms with Gasteiger partial charge in [-0.1, -0.05) is 38.9 Å². The van der Waals surface area contributed by atoms with Gasteiger partial charge in [0.25, 0.3) is 0 Å². The van der Waals surface area contributed by atoms with E-state index in [9.17, 15) is 0 Å². The molecule has 0 unspecified atom stereocenters. The molecule has 2 aromatic carbocycles. The number of aromatic nitrogens is 1. The first-order valence-corrected chi connectivity index (χ1v) is 9.08. The van der Waals surface area contributed by atoms with E-state index in [2.05, 4.69) is 58.1 Å². The highest BCUT2D eigenvalue weighted by Crippen LogP contribution is 2.38. The lowest BCUT2D eigenvalue weighted by Gasteiger charge is -2.08. The zero-order valence-corrected chi connectivity index (χ0v) is 16.1. The maximum atomic E-state index is 5.99. The van der Waals surface area contributed by atoms with Gasteiger partial charge in [0.05, 0.1) is 15.9 Å². The first kappa shape index (κ1) is 14.8.